The van der Waals surface area contributed by atoms with Crippen molar-refractivity contribution in [2.24, 2.45) is 5.92 Å². The minimum absolute atomic E-state index is 0.0189. The van der Waals surface area contributed by atoms with Crippen molar-refractivity contribution >= 4 is 34.8 Å². The summed E-state index contributed by atoms with van der Waals surface area (Å²) in [7, 11) is 1.45. The number of ether oxygens (including phenoxy) is 1. The molecule has 1 N–H and O–H groups in total. The lowest BCUT2D eigenvalue weighted by molar-refractivity contribution is -0.126. The molecule has 32 heavy (non-hydrogen) atoms. The lowest BCUT2D eigenvalue weighted by Gasteiger charge is -2.29. The first kappa shape index (κ1) is 20.4. The van der Waals surface area contributed by atoms with Gasteiger partial charge in [-0.2, -0.15) is 0 Å². The van der Waals surface area contributed by atoms with Crippen LogP contribution in [0.1, 0.15) is 11.6 Å². The Labute approximate surface area is 189 Å². The molecule has 0 aliphatic carbocycles. The second-order valence-electron chi connectivity index (χ2n) is 7.58. The van der Waals surface area contributed by atoms with E-state index in [4.69, 9.17) is 21.2 Å². The molecule has 2 saturated heterocycles. The standard InChI is InChI=1S/C24H19ClN2O5/c1-31-19-13-14(7-12-18(19)28)21-20-22(32-27(21)17-5-3-2-4-6-17)24(30)26(23(20)29)16-10-8-15(25)9-11-16/h2-13,20-22,28H,1H3/t20-,21-,22+/m1/s1. The molecule has 3 aromatic carbocycles. The second kappa shape index (κ2) is 7.85. The number of benzene rings is 3. The summed E-state index contributed by atoms with van der Waals surface area (Å²) < 4.78 is 5.26. The maximum Gasteiger partial charge on any atom is 0.266 e. The summed E-state index contributed by atoms with van der Waals surface area (Å²) >= 11 is 5.97. The summed E-state index contributed by atoms with van der Waals surface area (Å²) in [6, 6.07) is 20.0. The number of fused-ring (bicyclic) bond motifs is 1. The van der Waals surface area contributed by atoms with Crippen molar-refractivity contribution < 1.29 is 24.3 Å². The number of carbonyl (C=O) groups excluding carboxylic acids is 2. The number of nitrogens with zero attached hydrogens (tertiary/aromatic N) is 2. The number of anilines is 2. The van der Waals surface area contributed by atoms with E-state index in [0.29, 0.717) is 22.0 Å². The Morgan fingerprint density at radius 2 is 1.66 bits per heavy atom. The fraction of sp³-hybridized carbons (Fsp3) is 0.167. The third kappa shape index (κ3) is 3.18. The van der Waals surface area contributed by atoms with Gasteiger partial charge in [-0.25, -0.2) is 9.96 Å². The highest BCUT2D eigenvalue weighted by atomic mass is 35.5. The fourth-order valence-electron chi connectivity index (χ4n) is 4.28. The number of amides is 2. The molecule has 0 radical (unpaired) electrons. The number of phenolic OH excluding ortho intramolecular Hbond substituents is 1. The second-order valence-corrected chi connectivity index (χ2v) is 8.01. The van der Waals surface area contributed by atoms with Gasteiger partial charge in [0, 0.05) is 5.02 Å². The quantitative estimate of drug-likeness (QED) is 0.603. The molecule has 162 valence electrons. The molecule has 7 nitrogen and oxygen atoms in total. The van der Waals surface area contributed by atoms with Crippen molar-refractivity contribution in [1.82, 2.24) is 0 Å². The largest absolute Gasteiger partial charge is 0.504 e. The number of para-hydroxylation sites is 1. The van der Waals surface area contributed by atoms with E-state index in [1.54, 1.807) is 41.5 Å². The van der Waals surface area contributed by atoms with Gasteiger partial charge in [0.2, 0.25) is 5.91 Å². The van der Waals surface area contributed by atoms with E-state index in [9.17, 15) is 14.7 Å². The lowest BCUT2D eigenvalue weighted by Crippen LogP contribution is -2.37. The van der Waals surface area contributed by atoms with Gasteiger partial charge in [0.05, 0.1) is 24.5 Å². The molecular weight excluding hydrogens is 432 g/mol. The van der Waals surface area contributed by atoms with Crippen molar-refractivity contribution in [3.05, 3.63) is 83.4 Å². The molecule has 2 aliphatic heterocycles. The van der Waals surface area contributed by atoms with Crippen molar-refractivity contribution in [2.45, 2.75) is 12.1 Å². The summed E-state index contributed by atoms with van der Waals surface area (Å²) in [5.41, 5.74) is 1.82. The van der Waals surface area contributed by atoms with Crippen LogP contribution < -0.4 is 14.7 Å². The maximum atomic E-state index is 13.5. The average molecular weight is 451 g/mol. The van der Waals surface area contributed by atoms with Crippen LogP contribution in [0.2, 0.25) is 5.02 Å². The smallest absolute Gasteiger partial charge is 0.266 e. The highest BCUT2D eigenvalue weighted by molar-refractivity contribution is 6.31. The Balaban J connectivity index is 1.60. The highest BCUT2D eigenvalue weighted by Crippen LogP contribution is 2.48. The number of hydroxylamine groups is 1. The molecule has 2 fully saturated rings. The van der Waals surface area contributed by atoms with E-state index in [0.717, 1.165) is 4.90 Å². The van der Waals surface area contributed by atoms with Crippen LogP contribution in [0.3, 0.4) is 0 Å². The van der Waals surface area contributed by atoms with Crippen molar-refractivity contribution in [3.8, 4) is 11.5 Å². The van der Waals surface area contributed by atoms with Gasteiger partial charge in [-0.1, -0.05) is 35.9 Å². The SMILES string of the molecule is COc1cc([C@@H]2[C@H]3C(=O)N(c4ccc(Cl)cc4)C(=O)[C@H]3ON2c2ccccc2)ccc1O. The van der Waals surface area contributed by atoms with Gasteiger partial charge in [-0.05, 0) is 54.1 Å². The van der Waals surface area contributed by atoms with Gasteiger partial charge < -0.3 is 9.84 Å². The molecule has 2 heterocycles. The molecule has 0 saturated carbocycles. The van der Waals surface area contributed by atoms with Gasteiger partial charge >= 0.3 is 0 Å². The third-order valence-corrected chi connectivity index (χ3v) is 6.01. The molecule has 2 amide bonds. The summed E-state index contributed by atoms with van der Waals surface area (Å²) in [5, 5.41) is 12.1. The fourth-order valence-corrected chi connectivity index (χ4v) is 4.40. The molecule has 0 bridgehead atoms. The van der Waals surface area contributed by atoms with E-state index in [-0.39, 0.29) is 17.4 Å². The summed E-state index contributed by atoms with van der Waals surface area (Å²) in [5.74, 6) is -1.33. The minimum atomic E-state index is -0.983. The first-order valence-electron chi connectivity index (χ1n) is 10.0. The zero-order chi connectivity index (χ0) is 22.4. The molecule has 5 rings (SSSR count). The van der Waals surface area contributed by atoms with E-state index < -0.39 is 24.0 Å². The van der Waals surface area contributed by atoms with Gasteiger partial charge in [0.15, 0.2) is 17.6 Å². The number of hydrogen-bond acceptors (Lipinski definition) is 6. The van der Waals surface area contributed by atoms with Crippen molar-refractivity contribution in [3.63, 3.8) is 0 Å². The Bertz CT molecular complexity index is 1180. The van der Waals surface area contributed by atoms with Crippen LogP contribution in [-0.2, 0) is 14.4 Å². The van der Waals surface area contributed by atoms with Crippen LogP contribution >= 0.6 is 11.6 Å². The summed E-state index contributed by atoms with van der Waals surface area (Å²) in [6.07, 6.45) is -0.983. The van der Waals surface area contributed by atoms with E-state index in [1.807, 2.05) is 30.3 Å². The number of halogens is 1. The Hall–Kier alpha value is -3.55. The van der Waals surface area contributed by atoms with Crippen molar-refractivity contribution in [1.29, 1.82) is 0 Å². The molecule has 3 atom stereocenters. The number of rotatable bonds is 4. The maximum absolute atomic E-state index is 13.5. The molecule has 0 spiro atoms. The first-order valence-corrected chi connectivity index (χ1v) is 10.4. The molecule has 2 aliphatic rings. The number of carbonyl (C=O) groups is 2. The summed E-state index contributed by atoms with van der Waals surface area (Å²) in [4.78, 5) is 34.1. The number of hydrogen-bond donors (Lipinski definition) is 1. The lowest BCUT2D eigenvalue weighted by atomic mass is 9.90. The molecule has 3 aromatic rings. The number of imide groups is 1. The number of aromatic hydroxyl groups is 1. The zero-order valence-corrected chi connectivity index (χ0v) is 17.8. The van der Waals surface area contributed by atoms with Crippen LogP contribution in [0.25, 0.3) is 0 Å². The first-order chi connectivity index (χ1) is 15.5. The molecule has 0 aromatic heterocycles. The van der Waals surface area contributed by atoms with Crippen LogP contribution in [-0.4, -0.2) is 30.1 Å². The number of phenols is 1. The summed E-state index contributed by atoms with van der Waals surface area (Å²) in [6.45, 7) is 0. The normalized spacial score (nSPS) is 22.4. The predicted octanol–water partition coefficient (Wildman–Crippen LogP) is 4.11. The van der Waals surface area contributed by atoms with Gasteiger partial charge in [-0.3, -0.25) is 14.4 Å². The topological polar surface area (TPSA) is 79.3 Å². The third-order valence-electron chi connectivity index (χ3n) is 5.76. The zero-order valence-electron chi connectivity index (χ0n) is 17.0. The van der Waals surface area contributed by atoms with E-state index in [1.165, 1.54) is 13.2 Å². The average Bonchev–Trinajstić information content (AvgIpc) is 3.32. The van der Waals surface area contributed by atoms with E-state index in [2.05, 4.69) is 0 Å². The minimum Gasteiger partial charge on any atom is -0.504 e. The predicted molar refractivity (Wildman–Crippen MR) is 119 cm³/mol. The number of methoxy groups -OCH3 is 1. The van der Waals surface area contributed by atoms with Gasteiger partial charge in [0.25, 0.3) is 5.91 Å². The Morgan fingerprint density at radius 3 is 2.34 bits per heavy atom. The molecular formula is C24H19ClN2O5. The highest BCUT2D eigenvalue weighted by Gasteiger charge is 2.60. The van der Waals surface area contributed by atoms with Gasteiger partial charge in [0.1, 0.15) is 5.92 Å². The molecule has 0 unspecified atom stereocenters. The van der Waals surface area contributed by atoms with Crippen LogP contribution in [0.5, 0.6) is 11.5 Å². The van der Waals surface area contributed by atoms with Crippen molar-refractivity contribution in [2.75, 3.05) is 17.1 Å². The van der Waals surface area contributed by atoms with Crippen LogP contribution in [0, 0.1) is 5.92 Å². The monoisotopic (exact) mass is 450 g/mol. The van der Waals surface area contributed by atoms with Crippen LogP contribution in [0.15, 0.2) is 72.8 Å². The van der Waals surface area contributed by atoms with Crippen LogP contribution in [0.4, 0.5) is 11.4 Å². The molecule has 8 heteroatoms. The van der Waals surface area contributed by atoms with Gasteiger partial charge in [-0.15, -0.1) is 0 Å². The Morgan fingerprint density at radius 1 is 0.938 bits per heavy atom. The Kier molecular flexibility index (Phi) is 5.00. The van der Waals surface area contributed by atoms with E-state index >= 15 is 0 Å².